The molecule has 8 nitrogen and oxygen atoms in total. The summed E-state index contributed by atoms with van der Waals surface area (Å²) in [6, 6.07) is 7.99. The highest BCUT2D eigenvalue weighted by molar-refractivity contribution is 5.92. The number of anilines is 1. The van der Waals surface area contributed by atoms with Gasteiger partial charge < -0.3 is 19.9 Å². The highest BCUT2D eigenvalue weighted by atomic mass is 16.5. The molecule has 31 heavy (non-hydrogen) atoms. The van der Waals surface area contributed by atoms with Gasteiger partial charge >= 0.3 is 6.03 Å². The Bertz CT molecular complexity index is 947. The van der Waals surface area contributed by atoms with Gasteiger partial charge in [-0.15, -0.1) is 0 Å². The van der Waals surface area contributed by atoms with Gasteiger partial charge in [0.2, 0.25) is 11.8 Å². The van der Waals surface area contributed by atoms with E-state index in [1.54, 1.807) is 13.3 Å². The molecule has 0 unspecified atom stereocenters. The second-order valence-electron chi connectivity index (χ2n) is 7.98. The molecule has 0 aliphatic carbocycles. The van der Waals surface area contributed by atoms with Crippen LogP contribution in [0.1, 0.15) is 49.0 Å². The Morgan fingerprint density at radius 3 is 2.77 bits per heavy atom. The molecule has 1 atom stereocenters. The Balaban J connectivity index is 1.33. The highest BCUT2D eigenvalue weighted by Gasteiger charge is 2.33. The van der Waals surface area contributed by atoms with Crippen LogP contribution in [0.5, 0.6) is 5.88 Å². The third kappa shape index (κ3) is 4.62. The molecular weight excluding hydrogens is 394 g/mol. The Morgan fingerprint density at radius 2 is 2.03 bits per heavy atom. The second-order valence-corrected chi connectivity index (χ2v) is 7.98. The molecule has 2 aromatic rings. The van der Waals surface area contributed by atoms with Crippen LogP contribution in [0.4, 0.5) is 10.6 Å². The van der Waals surface area contributed by atoms with E-state index in [1.807, 2.05) is 28.0 Å². The van der Waals surface area contributed by atoms with E-state index in [1.165, 1.54) is 0 Å². The van der Waals surface area contributed by atoms with Crippen molar-refractivity contribution in [2.45, 2.75) is 45.1 Å². The number of aromatic nitrogens is 2. The minimum absolute atomic E-state index is 0.0156. The Morgan fingerprint density at radius 1 is 1.16 bits per heavy atom. The van der Waals surface area contributed by atoms with Crippen LogP contribution < -0.4 is 10.1 Å². The fourth-order valence-corrected chi connectivity index (χ4v) is 4.31. The normalized spacial score (nSPS) is 16.8. The fourth-order valence-electron chi connectivity index (χ4n) is 4.31. The van der Waals surface area contributed by atoms with Crippen molar-refractivity contribution in [2.75, 3.05) is 32.1 Å². The third-order valence-electron chi connectivity index (χ3n) is 6.02. The number of carbonyl (C=O) groups excluding carboxylic acids is 2. The molecule has 1 saturated heterocycles. The zero-order chi connectivity index (χ0) is 21.8. The van der Waals surface area contributed by atoms with Crippen LogP contribution in [0.2, 0.25) is 0 Å². The quantitative estimate of drug-likeness (QED) is 0.705. The van der Waals surface area contributed by atoms with Crippen molar-refractivity contribution in [3.63, 3.8) is 0 Å². The lowest BCUT2D eigenvalue weighted by atomic mass is 10.1. The molecule has 1 fully saturated rings. The average molecular weight is 424 g/mol. The summed E-state index contributed by atoms with van der Waals surface area (Å²) < 4.78 is 5.14. The summed E-state index contributed by atoms with van der Waals surface area (Å²) in [7, 11) is 1.59. The number of urea groups is 1. The van der Waals surface area contributed by atoms with Gasteiger partial charge in [0, 0.05) is 44.0 Å². The van der Waals surface area contributed by atoms with Crippen molar-refractivity contribution < 1.29 is 14.3 Å². The van der Waals surface area contributed by atoms with Gasteiger partial charge in [0.1, 0.15) is 5.82 Å². The summed E-state index contributed by atoms with van der Waals surface area (Å²) in [5, 5.41) is 2.85. The number of methoxy groups -OCH3 is 1. The van der Waals surface area contributed by atoms with Crippen molar-refractivity contribution in [3.8, 4) is 5.88 Å². The Hall–Kier alpha value is -3.16. The number of aryl methyl sites for hydroxylation is 2. The molecule has 8 heteroatoms. The molecule has 0 saturated carbocycles. The summed E-state index contributed by atoms with van der Waals surface area (Å²) in [4.78, 5) is 37.4. The first-order valence-electron chi connectivity index (χ1n) is 10.9. The molecule has 4 rings (SSSR count). The first-order chi connectivity index (χ1) is 15.1. The van der Waals surface area contributed by atoms with Crippen LogP contribution in [-0.2, 0) is 17.6 Å². The molecule has 2 aliphatic rings. The van der Waals surface area contributed by atoms with Gasteiger partial charge in [-0.1, -0.05) is 19.1 Å². The standard InChI is InChI=1S/C23H29N5O3/c1-3-19(17-8-11-21(31-2)24-15-17)28-14-13-27(23(28)30)12-4-5-18-9-6-16-7-10-20(29)26-22(16)25-18/h6,8-9,11,15,19H,3-5,7,10,12-14H2,1-2H3,(H,25,26,29)/t19-/m0/s1. The lowest BCUT2D eigenvalue weighted by molar-refractivity contribution is -0.116. The van der Waals surface area contributed by atoms with Crippen LogP contribution in [0.3, 0.4) is 0 Å². The van der Waals surface area contributed by atoms with Crippen LogP contribution in [-0.4, -0.2) is 58.5 Å². The predicted molar refractivity (Wildman–Crippen MR) is 117 cm³/mol. The van der Waals surface area contributed by atoms with E-state index in [9.17, 15) is 9.59 Å². The van der Waals surface area contributed by atoms with Crippen LogP contribution in [0, 0.1) is 0 Å². The van der Waals surface area contributed by atoms with Crippen molar-refractivity contribution in [3.05, 3.63) is 47.3 Å². The maximum absolute atomic E-state index is 13.0. The number of amides is 3. The first kappa shape index (κ1) is 21.1. The number of rotatable bonds is 8. The highest BCUT2D eigenvalue weighted by Crippen LogP contribution is 2.28. The number of nitrogens with one attached hydrogen (secondary N) is 1. The Labute approximate surface area is 182 Å². The number of nitrogens with zero attached hydrogens (tertiary/aromatic N) is 4. The van der Waals surface area contributed by atoms with Crippen LogP contribution in [0.15, 0.2) is 30.5 Å². The van der Waals surface area contributed by atoms with Crippen LogP contribution in [0.25, 0.3) is 0 Å². The molecule has 4 heterocycles. The van der Waals surface area contributed by atoms with E-state index >= 15 is 0 Å². The van der Waals surface area contributed by atoms with Gasteiger partial charge in [-0.05, 0) is 42.9 Å². The molecule has 0 radical (unpaired) electrons. The molecule has 2 aromatic heterocycles. The summed E-state index contributed by atoms with van der Waals surface area (Å²) in [6.07, 6.45) is 5.50. The molecule has 0 spiro atoms. The van der Waals surface area contributed by atoms with Gasteiger partial charge in [0.05, 0.1) is 13.2 Å². The van der Waals surface area contributed by atoms with Crippen molar-refractivity contribution in [1.82, 2.24) is 19.8 Å². The largest absolute Gasteiger partial charge is 0.481 e. The summed E-state index contributed by atoms with van der Waals surface area (Å²) in [6.45, 7) is 4.22. The van der Waals surface area contributed by atoms with Gasteiger partial charge in [0.25, 0.3) is 0 Å². The van der Waals surface area contributed by atoms with E-state index in [4.69, 9.17) is 4.74 Å². The number of pyridine rings is 2. The number of ether oxygens (including phenoxy) is 1. The SMILES string of the molecule is CC[C@@H](c1ccc(OC)nc1)N1CCN(CCCc2ccc3c(n2)NC(=O)CC3)C1=O. The van der Waals surface area contributed by atoms with E-state index < -0.39 is 0 Å². The van der Waals surface area contributed by atoms with Crippen molar-refractivity contribution >= 4 is 17.8 Å². The molecule has 3 amide bonds. The second kappa shape index (κ2) is 9.32. The fraction of sp³-hybridized carbons (Fsp3) is 0.478. The predicted octanol–water partition coefficient (Wildman–Crippen LogP) is 3.19. The lowest BCUT2D eigenvalue weighted by Gasteiger charge is -2.27. The Kier molecular flexibility index (Phi) is 6.34. The van der Waals surface area contributed by atoms with Crippen molar-refractivity contribution in [2.24, 2.45) is 0 Å². The number of carbonyl (C=O) groups is 2. The van der Waals surface area contributed by atoms with Gasteiger partial charge in [-0.3, -0.25) is 4.79 Å². The summed E-state index contributed by atoms with van der Waals surface area (Å²) in [5.74, 6) is 1.29. The number of hydrogen-bond acceptors (Lipinski definition) is 5. The number of hydrogen-bond donors (Lipinski definition) is 1. The molecule has 1 N–H and O–H groups in total. The first-order valence-corrected chi connectivity index (χ1v) is 10.9. The van der Waals surface area contributed by atoms with E-state index in [0.29, 0.717) is 31.2 Å². The summed E-state index contributed by atoms with van der Waals surface area (Å²) >= 11 is 0. The van der Waals surface area contributed by atoms with E-state index in [-0.39, 0.29) is 18.0 Å². The van der Waals surface area contributed by atoms with E-state index in [0.717, 1.165) is 49.0 Å². The third-order valence-corrected chi connectivity index (χ3v) is 6.02. The maximum Gasteiger partial charge on any atom is 0.320 e. The smallest absolute Gasteiger partial charge is 0.320 e. The van der Waals surface area contributed by atoms with E-state index in [2.05, 4.69) is 28.3 Å². The van der Waals surface area contributed by atoms with Crippen LogP contribution >= 0.6 is 0 Å². The zero-order valence-corrected chi connectivity index (χ0v) is 18.1. The minimum Gasteiger partial charge on any atom is -0.481 e. The van der Waals surface area contributed by atoms with Crippen molar-refractivity contribution in [1.29, 1.82) is 0 Å². The number of fused-ring (bicyclic) bond motifs is 1. The van der Waals surface area contributed by atoms with Gasteiger partial charge in [0.15, 0.2) is 0 Å². The van der Waals surface area contributed by atoms with Gasteiger partial charge in [-0.25, -0.2) is 14.8 Å². The minimum atomic E-state index is 0.0156. The van der Waals surface area contributed by atoms with Gasteiger partial charge in [-0.2, -0.15) is 0 Å². The molecular formula is C23H29N5O3. The molecule has 2 aliphatic heterocycles. The molecule has 0 aromatic carbocycles. The lowest BCUT2D eigenvalue weighted by Crippen LogP contribution is -2.35. The monoisotopic (exact) mass is 423 g/mol. The zero-order valence-electron chi connectivity index (χ0n) is 18.1. The maximum atomic E-state index is 13.0. The topological polar surface area (TPSA) is 87.7 Å². The molecule has 164 valence electrons. The molecule has 0 bridgehead atoms. The summed E-state index contributed by atoms with van der Waals surface area (Å²) in [5.41, 5.74) is 3.06. The average Bonchev–Trinajstić information content (AvgIpc) is 3.15.